The molecule has 96 valence electrons. The molecule has 0 aliphatic rings. The third kappa shape index (κ3) is 1.90. The maximum Gasteiger partial charge on any atom is 0.335 e. The summed E-state index contributed by atoms with van der Waals surface area (Å²) in [5.41, 5.74) is 3.85. The van der Waals surface area contributed by atoms with E-state index in [9.17, 15) is 9.90 Å². The van der Waals surface area contributed by atoms with Gasteiger partial charge in [-0.1, -0.05) is 20.8 Å². The van der Waals surface area contributed by atoms with Crippen molar-refractivity contribution in [3.63, 3.8) is 0 Å². The number of rotatable bonds is 3. The van der Waals surface area contributed by atoms with E-state index in [4.69, 9.17) is 0 Å². The van der Waals surface area contributed by atoms with Crippen molar-refractivity contribution < 1.29 is 9.90 Å². The summed E-state index contributed by atoms with van der Waals surface area (Å²) in [4.78, 5) is 11.2. The number of hydrogen-bond donors (Lipinski definition) is 1. The molecule has 2 rings (SSSR count). The van der Waals surface area contributed by atoms with Gasteiger partial charge in [-0.15, -0.1) is 0 Å². The Hall–Kier alpha value is -1.77. The fraction of sp³-hybridized carbons (Fsp3) is 0.400. The van der Waals surface area contributed by atoms with E-state index in [1.807, 2.05) is 7.05 Å². The molecule has 0 saturated carbocycles. The van der Waals surface area contributed by atoms with Crippen LogP contribution in [0.1, 0.15) is 48.2 Å². The third-order valence-corrected chi connectivity index (χ3v) is 3.44. The molecule has 0 unspecified atom stereocenters. The average molecular weight is 245 g/mol. The molecule has 1 N–H and O–H groups in total. The highest BCUT2D eigenvalue weighted by Gasteiger charge is 2.16. The predicted octanol–water partition coefficient (Wildman–Crippen LogP) is 3.56. The van der Waals surface area contributed by atoms with Crippen LogP contribution in [0.15, 0.2) is 18.3 Å². The van der Waals surface area contributed by atoms with E-state index in [0.29, 0.717) is 11.5 Å². The van der Waals surface area contributed by atoms with Crippen molar-refractivity contribution in [2.75, 3.05) is 0 Å². The van der Waals surface area contributed by atoms with Crippen LogP contribution in [0.25, 0.3) is 10.9 Å². The molecule has 0 amide bonds. The molecule has 0 saturated heterocycles. The molecule has 18 heavy (non-hydrogen) atoms. The fourth-order valence-corrected chi connectivity index (χ4v) is 2.51. The molecule has 1 aromatic heterocycles. The van der Waals surface area contributed by atoms with Gasteiger partial charge in [-0.3, -0.25) is 0 Å². The molecule has 0 radical (unpaired) electrons. The van der Waals surface area contributed by atoms with Crippen LogP contribution >= 0.6 is 0 Å². The Morgan fingerprint density at radius 3 is 2.56 bits per heavy atom. The number of nitrogens with zero attached hydrogens (tertiary/aromatic N) is 1. The first-order valence-electron chi connectivity index (χ1n) is 6.30. The van der Waals surface area contributed by atoms with Gasteiger partial charge in [0.15, 0.2) is 0 Å². The lowest BCUT2D eigenvalue weighted by molar-refractivity contribution is 0.0697. The van der Waals surface area contributed by atoms with Crippen molar-refractivity contribution in [3.8, 4) is 0 Å². The number of aromatic carboxylic acids is 1. The summed E-state index contributed by atoms with van der Waals surface area (Å²) in [5.74, 6) is -0.546. The number of fused-ring (bicyclic) bond motifs is 1. The molecule has 3 nitrogen and oxygen atoms in total. The summed E-state index contributed by atoms with van der Waals surface area (Å²) in [7, 11) is 2.02. The minimum atomic E-state index is -0.857. The lowest BCUT2D eigenvalue weighted by Gasteiger charge is -2.11. The molecule has 0 aliphatic carbocycles. The second-order valence-corrected chi connectivity index (χ2v) is 5.04. The first-order chi connectivity index (χ1) is 8.45. The van der Waals surface area contributed by atoms with Gasteiger partial charge >= 0.3 is 5.97 Å². The van der Waals surface area contributed by atoms with Gasteiger partial charge in [0.25, 0.3) is 0 Å². The number of benzene rings is 1. The Bertz CT molecular complexity index is 608. The smallest absolute Gasteiger partial charge is 0.335 e. The Kier molecular flexibility index (Phi) is 3.16. The molecule has 0 bridgehead atoms. The summed E-state index contributed by atoms with van der Waals surface area (Å²) < 4.78 is 2.11. The van der Waals surface area contributed by atoms with Crippen molar-refractivity contribution in [2.24, 2.45) is 7.05 Å². The quantitative estimate of drug-likeness (QED) is 0.898. The highest BCUT2D eigenvalue weighted by atomic mass is 16.4. The molecule has 3 heteroatoms. The maximum absolute atomic E-state index is 11.2. The first-order valence-corrected chi connectivity index (χ1v) is 6.30. The second kappa shape index (κ2) is 4.48. The summed E-state index contributed by atoms with van der Waals surface area (Å²) in [6.45, 7) is 6.29. The molecule has 0 atom stereocenters. The van der Waals surface area contributed by atoms with E-state index < -0.39 is 5.97 Å². The lowest BCUT2D eigenvalue weighted by atomic mass is 9.96. The van der Waals surface area contributed by atoms with Gasteiger partial charge in [-0.2, -0.15) is 0 Å². The van der Waals surface area contributed by atoms with Gasteiger partial charge < -0.3 is 9.67 Å². The summed E-state index contributed by atoms with van der Waals surface area (Å²) in [6, 6.07) is 3.59. The number of carbonyl (C=O) groups is 1. The van der Waals surface area contributed by atoms with Gasteiger partial charge in [0.05, 0.1) is 11.1 Å². The van der Waals surface area contributed by atoms with E-state index in [2.05, 4.69) is 31.5 Å². The van der Waals surface area contributed by atoms with Gasteiger partial charge in [0, 0.05) is 18.6 Å². The maximum atomic E-state index is 11.2. The molecule has 1 aromatic carbocycles. The topological polar surface area (TPSA) is 42.2 Å². The van der Waals surface area contributed by atoms with E-state index in [1.54, 1.807) is 12.1 Å². The Morgan fingerprint density at radius 1 is 1.39 bits per heavy atom. The van der Waals surface area contributed by atoms with Crippen LogP contribution < -0.4 is 0 Å². The number of aromatic nitrogens is 1. The average Bonchev–Trinajstić information content (AvgIpc) is 2.65. The second-order valence-electron chi connectivity index (χ2n) is 5.04. The van der Waals surface area contributed by atoms with Crippen LogP contribution in [0, 0.1) is 0 Å². The zero-order valence-electron chi connectivity index (χ0n) is 11.3. The fourth-order valence-electron chi connectivity index (χ4n) is 2.51. The molecular formula is C15H19NO2. The SMILES string of the molecule is CCc1cn(C)c2c(C(C)C)cc(C(=O)O)cc12. The van der Waals surface area contributed by atoms with E-state index in [1.165, 1.54) is 5.56 Å². The Labute approximate surface area is 107 Å². The minimum Gasteiger partial charge on any atom is -0.478 e. The van der Waals surface area contributed by atoms with Crippen molar-refractivity contribution in [1.29, 1.82) is 0 Å². The molecule has 0 spiro atoms. The minimum absolute atomic E-state index is 0.310. The van der Waals surface area contributed by atoms with Crippen molar-refractivity contribution in [2.45, 2.75) is 33.1 Å². The van der Waals surface area contributed by atoms with Gasteiger partial charge in [0.1, 0.15) is 0 Å². The van der Waals surface area contributed by atoms with E-state index >= 15 is 0 Å². The summed E-state index contributed by atoms with van der Waals surface area (Å²) in [5, 5.41) is 10.3. The van der Waals surface area contributed by atoms with E-state index in [-0.39, 0.29) is 0 Å². The molecule has 0 aliphatic heterocycles. The largest absolute Gasteiger partial charge is 0.478 e. The first kappa shape index (κ1) is 12.7. The van der Waals surface area contributed by atoms with Crippen LogP contribution in [-0.2, 0) is 13.5 Å². The van der Waals surface area contributed by atoms with Gasteiger partial charge in [-0.25, -0.2) is 4.79 Å². The molecule has 2 aromatic rings. The molecular weight excluding hydrogens is 226 g/mol. The van der Waals surface area contributed by atoms with Crippen LogP contribution in [0.2, 0.25) is 0 Å². The highest BCUT2D eigenvalue weighted by molar-refractivity contribution is 5.96. The predicted molar refractivity (Wildman–Crippen MR) is 73.3 cm³/mol. The number of hydrogen-bond acceptors (Lipinski definition) is 1. The van der Waals surface area contributed by atoms with Crippen molar-refractivity contribution in [3.05, 3.63) is 35.0 Å². The highest BCUT2D eigenvalue weighted by Crippen LogP contribution is 2.30. The Morgan fingerprint density at radius 2 is 2.06 bits per heavy atom. The lowest BCUT2D eigenvalue weighted by Crippen LogP contribution is -2.01. The number of carboxylic acids is 1. The van der Waals surface area contributed by atoms with Crippen LogP contribution in [0.5, 0.6) is 0 Å². The van der Waals surface area contributed by atoms with Gasteiger partial charge in [-0.05, 0) is 35.6 Å². The standard InChI is InChI=1S/C15H19NO2/c1-5-10-8-16(4)14-12(9(2)3)6-11(15(17)18)7-13(10)14/h6-9H,5H2,1-4H3,(H,17,18). The zero-order valence-corrected chi connectivity index (χ0v) is 11.3. The zero-order chi connectivity index (χ0) is 13.4. The van der Waals surface area contributed by atoms with Crippen molar-refractivity contribution >= 4 is 16.9 Å². The van der Waals surface area contributed by atoms with Gasteiger partial charge in [0.2, 0.25) is 0 Å². The summed E-state index contributed by atoms with van der Waals surface area (Å²) >= 11 is 0. The number of aryl methyl sites for hydroxylation is 2. The van der Waals surface area contributed by atoms with Crippen molar-refractivity contribution in [1.82, 2.24) is 4.57 Å². The van der Waals surface area contributed by atoms with Crippen LogP contribution in [-0.4, -0.2) is 15.6 Å². The van der Waals surface area contributed by atoms with Crippen LogP contribution in [0.4, 0.5) is 0 Å². The summed E-state index contributed by atoms with van der Waals surface area (Å²) in [6.07, 6.45) is 3.01. The molecule has 0 fully saturated rings. The normalized spacial score (nSPS) is 11.4. The number of carboxylic acid groups (broad SMARTS) is 1. The van der Waals surface area contributed by atoms with E-state index in [0.717, 1.165) is 22.9 Å². The third-order valence-electron chi connectivity index (χ3n) is 3.44. The van der Waals surface area contributed by atoms with Crippen LogP contribution in [0.3, 0.4) is 0 Å². The Balaban J connectivity index is 2.87. The monoisotopic (exact) mass is 245 g/mol. The molecule has 1 heterocycles.